The zero-order valence-electron chi connectivity index (χ0n) is 17.5. The van der Waals surface area contributed by atoms with E-state index >= 15 is 0 Å². The van der Waals surface area contributed by atoms with E-state index in [2.05, 4.69) is 36.3 Å². The lowest BCUT2D eigenvalue weighted by Crippen LogP contribution is -2.34. The number of hydrogen-bond acceptors (Lipinski definition) is 4. The molecule has 0 saturated carbocycles. The van der Waals surface area contributed by atoms with Gasteiger partial charge in [0.05, 0.1) is 0 Å². The van der Waals surface area contributed by atoms with Gasteiger partial charge in [-0.15, -0.1) is 0 Å². The molecule has 2 aromatic carbocycles. The van der Waals surface area contributed by atoms with Crippen molar-refractivity contribution in [2.24, 2.45) is 0 Å². The van der Waals surface area contributed by atoms with E-state index in [-0.39, 0.29) is 18.4 Å². The average molecular weight is 398 g/mol. The number of aryl methyl sites for hydroxylation is 1. The molecule has 0 radical (unpaired) electrons. The van der Waals surface area contributed by atoms with Crippen molar-refractivity contribution in [1.82, 2.24) is 10.2 Å². The highest BCUT2D eigenvalue weighted by molar-refractivity contribution is 5.96. The van der Waals surface area contributed by atoms with Crippen molar-refractivity contribution in [3.8, 4) is 5.75 Å². The second kappa shape index (κ2) is 11.9. The highest BCUT2D eigenvalue weighted by atomic mass is 16.5. The SMILES string of the molecule is CCc1cccc(OCC(=O)Nc2ccc(C(=O)NCCN(CC)CC)cc2)c1. The minimum atomic E-state index is -0.247. The first-order valence-corrected chi connectivity index (χ1v) is 10.2. The van der Waals surface area contributed by atoms with Crippen LogP contribution in [0.25, 0.3) is 0 Å². The van der Waals surface area contributed by atoms with E-state index in [0.717, 1.165) is 31.6 Å². The van der Waals surface area contributed by atoms with E-state index < -0.39 is 0 Å². The van der Waals surface area contributed by atoms with Crippen LogP contribution in [0.2, 0.25) is 0 Å². The van der Waals surface area contributed by atoms with Crippen LogP contribution in [0, 0.1) is 0 Å². The second-order valence-electron chi connectivity index (χ2n) is 6.70. The Bertz CT molecular complexity index is 786. The fourth-order valence-corrected chi connectivity index (χ4v) is 2.88. The summed E-state index contributed by atoms with van der Waals surface area (Å²) in [5.41, 5.74) is 2.35. The lowest BCUT2D eigenvalue weighted by Gasteiger charge is -2.18. The van der Waals surface area contributed by atoms with Gasteiger partial charge in [0.25, 0.3) is 11.8 Å². The molecule has 6 nitrogen and oxygen atoms in total. The number of benzene rings is 2. The number of carbonyl (C=O) groups excluding carboxylic acids is 2. The predicted octanol–water partition coefficient (Wildman–Crippen LogP) is 3.34. The predicted molar refractivity (Wildman–Crippen MR) is 117 cm³/mol. The molecule has 2 aromatic rings. The molecule has 0 aromatic heterocycles. The first-order valence-electron chi connectivity index (χ1n) is 10.2. The number of hydrogen-bond donors (Lipinski definition) is 2. The Kier molecular flexibility index (Phi) is 9.18. The van der Waals surface area contributed by atoms with E-state index in [1.807, 2.05) is 24.3 Å². The molecule has 0 spiro atoms. The van der Waals surface area contributed by atoms with Gasteiger partial charge in [0, 0.05) is 24.3 Å². The van der Waals surface area contributed by atoms with Crippen molar-refractivity contribution in [2.45, 2.75) is 27.2 Å². The molecule has 0 aliphatic heterocycles. The summed E-state index contributed by atoms with van der Waals surface area (Å²) >= 11 is 0. The zero-order chi connectivity index (χ0) is 21.1. The molecule has 156 valence electrons. The summed E-state index contributed by atoms with van der Waals surface area (Å²) < 4.78 is 5.55. The summed E-state index contributed by atoms with van der Waals surface area (Å²) in [6.45, 7) is 9.57. The fourth-order valence-electron chi connectivity index (χ4n) is 2.88. The molecule has 2 rings (SSSR count). The summed E-state index contributed by atoms with van der Waals surface area (Å²) in [4.78, 5) is 26.6. The van der Waals surface area contributed by atoms with Crippen molar-refractivity contribution in [1.29, 1.82) is 0 Å². The van der Waals surface area contributed by atoms with Gasteiger partial charge >= 0.3 is 0 Å². The van der Waals surface area contributed by atoms with Crippen LogP contribution >= 0.6 is 0 Å². The van der Waals surface area contributed by atoms with Gasteiger partial charge < -0.3 is 20.3 Å². The Labute approximate surface area is 173 Å². The van der Waals surface area contributed by atoms with Crippen molar-refractivity contribution < 1.29 is 14.3 Å². The van der Waals surface area contributed by atoms with Crippen molar-refractivity contribution >= 4 is 17.5 Å². The molecule has 2 amide bonds. The van der Waals surface area contributed by atoms with E-state index in [9.17, 15) is 9.59 Å². The molecule has 0 aliphatic carbocycles. The van der Waals surface area contributed by atoms with Crippen LogP contribution in [-0.4, -0.2) is 49.5 Å². The van der Waals surface area contributed by atoms with Crippen molar-refractivity contribution in [3.05, 3.63) is 59.7 Å². The third-order valence-electron chi connectivity index (χ3n) is 4.72. The van der Waals surface area contributed by atoms with Crippen LogP contribution in [-0.2, 0) is 11.2 Å². The highest BCUT2D eigenvalue weighted by Gasteiger charge is 2.08. The normalized spacial score (nSPS) is 10.6. The summed E-state index contributed by atoms with van der Waals surface area (Å²) in [6.07, 6.45) is 0.915. The average Bonchev–Trinajstić information content (AvgIpc) is 2.76. The van der Waals surface area contributed by atoms with Crippen molar-refractivity contribution in [2.75, 3.05) is 38.1 Å². The minimum Gasteiger partial charge on any atom is -0.484 e. The molecule has 0 saturated heterocycles. The molecule has 6 heteroatoms. The fraction of sp³-hybridized carbons (Fsp3) is 0.391. The Morgan fingerprint density at radius 3 is 2.38 bits per heavy atom. The molecular weight excluding hydrogens is 366 g/mol. The maximum atomic E-state index is 12.2. The third-order valence-corrected chi connectivity index (χ3v) is 4.72. The van der Waals surface area contributed by atoms with Gasteiger partial charge in [-0.3, -0.25) is 9.59 Å². The Morgan fingerprint density at radius 1 is 1.00 bits per heavy atom. The Hall–Kier alpha value is -2.86. The molecule has 0 atom stereocenters. The van der Waals surface area contributed by atoms with Crippen molar-refractivity contribution in [3.63, 3.8) is 0 Å². The standard InChI is InChI=1S/C23H31N3O3/c1-4-18-8-7-9-21(16-18)29-17-22(27)25-20-12-10-19(11-13-20)23(28)24-14-15-26(5-2)6-3/h7-13,16H,4-6,14-15,17H2,1-3H3,(H,24,28)(H,25,27). The van der Waals surface area contributed by atoms with Crippen LogP contribution in [0.15, 0.2) is 48.5 Å². The molecule has 0 aliphatic rings. The smallest absolute Gasteiger partial charge is 0.262 e. The summed E-state index contributed by atoms with van der Waals surface area (Å²) in [7, 11) is 0. The van der Waals surface area contributed by atoms with Crippen LogP contribution < -0.4 is 15.4 Å². The van der Waals surface area contributed by atoms with Crippen LogP contribution in [0.1, 0.15) is 36.7 Å². The second-order valence-corrected chi connectivity index (χ2v) is 6.70. The van der Waals surface area contributed by atoms with Crippen LogP contribution in [0.4, 0.5) is 5.69 Å². The maximum absolute atomic E-state index is 12.2. The van der Waals surface area contributed by atoms with E-state index in [1.54, 1.807) is 24.3 Å². The van der Waals surface area contributed by atoms with E-state index in [4.69, 9.17) is 4.74 Å². The summed E-state index contributed by atoms with van der Waals surface area (Å²) in [6, 6.07) is 14.5. The monoisotopic (exact) mass is 397 g/mol. The number of carbonyl (C=O) groups is 2. The summed E-state index contributed by atoms with van der Waals surface area (Å²) in [5, 5.41) is 5.70. The molecule has 29 heavy (non-hydrogen) atoms. The number of nitrogens with one attached hydrogen (secondary N) is 2. The third kappa shape index (κ3) is 7.58. The number of nitrogens with zero attached hydrogens (tertiary/aromatic N) is 1. The van der Waals surface area contributed by atoms with Gasteiger partial charge in [-0.05, 0) is 61.5 Å². The number of likely N-dealkylation sites (N-methyl/N-ethyl adjacent to an activating group) is 1. The first kappa shape index (κ1) is 22.4. The molecular formula is C23H31N3O3. The quantitative estimate of drug-likeness (QED) is 0.610. The van der Waals surface area contributed by atoms with Gasteiger partial charge in [-0.2, -0.15) is 0 Å². The Morgan fingerprint density at radius 2 is 1.72 bits per heavy atom. The molecule has 0 unspecified atom stereocenters. The van der Waals surface area contributed by atoms with Crippen LogP contribution in [0.5, 0.6) is 5.75 Å². The lowest BCUT2D eigenvalue weighted by atomic mass is 10.2. The number of ether oxygens (including phenoxy) is 1. The van der Waals surface area contributed by atoms with E-state index in [1.165, 1.54) is 0 Å². The molecule has 2 N–H and O–H groups in total. The zero-order valence-corrected chi connectivity index (χ0v) is 17.5. The van der Waals surface area contributed by atoms with Gasteiger partial charge in [-0.1, -0.05) is 32.9 Å². The maximum Gasteiger partial charge on any atom is 0.262 e. The minimum absolute atomic E-state index is 0.0687. The van der Waals surface area contributed by atoms with E-state index in [0.29, 0.717) is 23.5 Å². The number of anilines is 1. The van der Waals surface area contributed by atoms with Gasteiger partial charge in [0.1, 0.15) is 5.75 Å². The molecule has 0 bridgehead atoms. The highest BCUT2D eigenvalue weighted by Crippen LogP contribution is 2.14. The largest absolute Gasteiger partial charge is 0.484 e. The van der Waals surface area contributed by atoms with Gasteiger partial charge in [0.2, 0.25) is 0 Å². The van der Waals surface area contributed by atoms with Gasteiger partial charge in [-0.25, -0.2) is 0 Å². The Balaban J connectivity index is 1.78. The molecule has 0 heterocycles. The number of amides is 2. The first-order chi connectivity index (χ1) is 14.0. The molecule has 0 fully saturated rings. The lowest BCUT2D eigenvalue weighted by molar-refractivity contribution is -0.118. The topological polar surface area (TPSA) is 70.7 Å². The number of rotatable bonds is 11. The van der Waals surface area contributed by atoms with Crippen LogP contribution in [0.3, 0.4) is 0 Å². The summed E-state index contributed by atoms with van der Waals surface area (Å²) in [5.74, 6) is 0.314. The van der Waals surface area contributed by atoms with Gasteiger partial charge in [0.15, 0.2) is 6.61 Å².